The lowest BCUT2D eigenvalue weighted by molar-refractivity contribution is 0.585. The van der Waals surface area contributed by atoms with E-state index in [2.05, 4.69) is 16.6 Å². The highest BCUT2D eigenvalue weighted by Gasteiger charge is 2.19. The maximum atomic E-state index is 13.8. The number of rotatable bonds is 3. The number of halogens is 2. The molecule has 1 aliphatic carbocycles. The Morgan fingerprint density at radius 1 is 0.857 bits per heavy atom. The SMILES string of the molecule is Fc1ccc(N/N=C\c2c3oc4ccccc4cc-3c3ccccc23)c(F)c1. The van der Waals surface area contributed by atoms with E-state index in [-0.39, 0.29) is 5.69 Å². The topological polar surface area (TPSA) is 37.5 Å². The average Bonchev–Trinajstić information content (AvgIpc) is 3.01. The number of hydrogen-bond donors (Lipinski definition) is 1. The molecule has 0 unspecified atom stereocenters. The summed E-state index contributed by atoms with van der Waals surface area (Å²) in [7, 11) is 0. The fraction of sp³-hybridized carbons (Fsp3) is 0. The molecule has 0 saturated carbocycles. The largest absolute Gasteiger partial charge is 0.455 e. The third kappa shape index (κ3) is 2.68. The van der Waals surface area contributed by atoms with Crippen LogP contribution in [0.3, 0.4) is 0 Å². The number of para-hydroxylation sites is 1. The summed E-state index contributed by atoms with van der Waals surface area (Å²) in [4.78, 5) is 0. The third-order valence-electron chi connectivity index (χ3n) is 4.74. The second-order valence-corrected chi connectivity index (χ2v) is 6.48. The van der Waals surface area contributed by atoms with Crippen LogP contribution >= 0.6 is 0 Å². The predicted molar refractivity (Wildman–Crippen MR) is 108 cm³/mol. The molecule has 3 nitrogen and oxygen atoms in total. The molecule has 2 aliphatic rings. The fourth-order valence-corrected chi connectivity index (χ4v) is 3.43. The van der Waals surface area contributed by atoms with Crippen LogP contribution in [0.25, 0.3) is 33.1 Å². The predicted octanol–water partition coefficient (Wildman–Crippen LogP) is 6.42. The van der Waals surface area contributed by atoms with Crippen LogP contribution in [0.1, 0.15) is 5.56 Å². The zero-order valence-corrected chi connectivity index (χ0v) is 14.6. The maximum absolute atomic E-state index is 13.8. The number of anilines is 1. The Morgan fingerprint density at radius 2 is 1.64 bits per heavy atom. The Hall–Kier alpha value is -3.73. The Morgan fingerprint density at radius 3 is 2.50 bits per heavy atom. The van der Waals surface area contributed by atoms with E-state index in [1.807, 2.05) is 48.5 Å². The van der Waals surface area contributed by atoms with Gasteiger partial charge in [-0.3, -0.25) is 5.43 Å². The molecule has 0 bridgehead atoms. The molecule has 5 heteroatoms. The first-order valence-corrected chi connectivity index (χ1v) is 8.78. The molecule has 1 heterocycles. The van der Waals surface area contributed by atoms with E-state index in [4.69, 9.17) is 4.42 Å². The molecule has 136 valence electrons. The van der Waals surface area contributed by atoms with Crippen molar-refractivity contribution in [3.8, 4) is 11.3 Å². The van der Waals surface area contributed by atoms with Crippen molar-refractivity contribution in [2.45, 2.75) is 0 Å². The smallest absolute Gasteiger partial charge is 0.151 e. The second-order valence-electron chi connectivity index (χ2n) is 6.48. The Kier molecular flexibility index (Phi) is 3.79. The molecular formula is C23H14F2N2O. The van der Waals surface area contributed by atoms with Crippen molar-refractivity contribution >= 4 is 33.6 Å². The minimum absolute atomic E-state index is 0.0974. The van der Waals surface area contributed by atoms with Crippen LogP contribution in [0.15, 0.2) is 82.3 Å². The van der Waals surface area contributed by atoms with Gasteiger partial charge in [-0.15, -0.1) is 0 Å². The van der Waals surface area contributed by atoms with Gasteiger partial charge in [-0.25, -0.2) is 8.78 Å². The molecule has 3 aromatic rings. The van der Waals surface area contributed by atoms with Gasteiger partial charge in [0, 0.05) is 22.6 Å². The van der Waals surface area contributed by atoms with E-state index < -0.39 is 11.6 Å². The zero-order valence-electron chi connectivity index (χ0n) is 14.6. The van der Waals surface area contributed by atoms with Crippen LogP contribution in [-0.4, -0.2) is 6.21 Å². The zero-order chi connectivity index (χ0) is 19.1. The average molecular weight is 372 g/mol. The highest BCUT2D eigenvalue weighted by atomic mass is 19.1. The first-order valence-electron chi connectivity index (χ1n) is 8.78. The van der Waals surface area contributed by atoms with E-state index in [0.717, 1.165) is 38.9 Å². The Balaban J connectivity index is 1.64. The second kappa shape index (κ2) is 6.46. The number of hydrazone groups is 1. The van der Waals surface area contributed by atoms with Crippen molar-refractivity contribution in [2.24, 2.45) is 5.10 Å². The van der Waals surface area contributed by atoms with Gasteiger partial charge in [0.1, 0.15) is 17.2 Å². The number of nitrogens with zero attached hydrogens (tertiary/aromatic N) is 1. The van der Waals surface area contributed by atoms with Gasteiger partial charge in [-0.05, 0) is 35.0 Å². The first-order chi connectivity index (χ1) is 13.7. The number of nitrogens with one attached hydrogen (secondary N) is 1. The van der Waals surface area contributed by atoms with Gasteiger partial charge in [-0.2, -0.15) is 5.10 Å². The molecule has 0 spiro atoms. The maximum Gasteiger partial charge on any atom is 0.151 e. The van der Waals surface area contributed by atoms with Gasteiger partial charge in [0.2, 0.25) is 0 Å². The van der Waals surface area contributed by atoms with Crippen LogP contribution in [0.2, 0.25) is 0 Å². The fourth-order valence-electron chi connectivity index (χ4n) is 3.43. The van der Waals surface area contributed by atoms with Gasteiger partial charge in [0.15, 0.2) is 5.82 Å². The van der Waals surface area contributed by atoms with E-state index in [0.29, 0.717) is 5.76 Å². The third-order valence-corrected chi connectivity index (χ3v) is 4.74. The van der Waals surface area contributed by atoms with Crippen molar-refractivity contribution < 1.29 is 13.2 Å². The molecular weight excluding hydrogens is 358 g/mol. The van der Waals surface area contributed by atoms with Crippen LogP contribution < -0.4 is 5.43 Å². The summed E-state index contributed by atoms with van der Waals surface area (Å²) in [6.07, 6.45) is 1.60. The van der Waals surface area contributed by atoms with Gasteiger partial charge in [-0.1, -0.05) is 42.5 Å². The molecule has 0 radical (unpaired) electrons. The standard InChI is InChI=1S/C23H14F2N2O/c24-15-9-10-21(20(25)12-15)27-26-13-19-17-7-3-2-6-16(17)18-11-14-5-1-4-8-22(14)28-23(18)19/h1-13,27H/b26-13-. The lowest BCUT2D eigenvalue weighted by atomic mass is 10.1. The van der Waals surface area contributed by atoms with Gasteiger partial charge in [0.25, 0.3) is 0 Å². The summed E-state index contributed by atoms with van der Waals surface area (Å²) >= 11 is 0. The number of benzene rings is 3. The first kappa shape index (κ1) is 16.4. The number of hydrogen-bond acceptors (Lipinski definition) is 3. The summed E-state index contributed by atoms with van der Waals surface area (Å²) in [6, 6.07) is 21.2. The molecule has 1 N–H and O–H groups in total. The lowest BCUT2D eigenvalue weighted by Gasteiger charge is -2.05. The van der Waals surface area contributed by atoms with Crippen molar-refractivity contribution in [2.75, 3.05) is 5.43 Å². The highest BCUT2D eigenvalue weighted by molar-refractivity contribution is 6.15. The Bertz CT molecular complexity index is 1320. The van der Waals surface area contributed by atoms with Crippen molar-refractivity contribution in [3.63, 3.8) is 0 Å². The Labute approximate surface area is 159 Å². The molecule has 28 heavy (non-hydrogen) atoms. The molecule has 0 fully saturated rings. The molecule has 3 aromatic carbocycles. The summed E-state index contributed by atoms with van der Waals surface area (Å²) in [5.41, 5.74) is 5.29. The summed E-state index contributed by atoms with van der Waals surface area (Å²) < 4.78 is 33.0. The quantitative estimate of drug-likeness (QED) is 0.293. The van der Waals surface area contributed by atoms with E-state index in [1.165, 1.54) is 12.1 Å². The monoisotopic (exact) mass is 372 g/mol. The molecule has 1 aliphatic heterocycles. The van der Waals surface area contributed by atoms with Crippen molar-refractivity contribution in [1.82, 2.24) is 0 Å². The molecule has 5 rings (SSSR count). The summed E-state index contributed by atoms with van der Waals surface area (Å²) in [6.45, 7) is 0. The van der Waals surface area contributed by atoms with Crippen LogP contribution in [0.5, 0.6) is 0 Å². The van der Waals surface area contributed by atoms with Gasteiger partial charge < -0.3 is 4.42 Å². The van der Waals surface area contributed by atoms with E-state index >= 15 is 0 Å². The van der Waals surface area contributed by atoms with Gasteiger partial charge >= 0.3 is 0 Å². The highest BCUT2D eigenvalue weighted by Crippen LogP contribution is 2.40. The summed E-state index contributed by atoms with van der Waals surface area (Å²) in [5.74, 6) is -0.624. The van der Waals surface area contributed by atoms with Crippen molar-refractivity contribution in [3.05, 3.63) is 90.0 Å². The minimum atomic E-state index is -0.704. The normalized spacial score (nSPS) is 11.8. The van der Waals surface area contributed by atoms with Gasteiger partial charge in [0.05, 0.1) is 11.9 Å². The molecule has 0 saturated heterocycles. The molecule has 0 atom stereocenters. The number of fused-ring (bicyclic) bond motifs is 4. The van der Waals surface area contributed by atoms with Crippen LogP contribution in [-0.2, 0) is 0 Å². The van der Waals surface area contributed by atoms with E-state index in [9.17, 15) is 8.78 Å². The summed E-state index contributed by atoms with van der Waals surface area (Å²) in [5, 5.41) is 7.22. The van der Waals surface area contributed by atoms with Crippen LogP contribution in [0.4, 0.5) is 14.5 Å². The minimum Gasteiger partial charge on any atom is -0.455 e. The van der Waals surface area contributed by atoms with E-state index in [1.54, 1.807) is 6.21 Å². The lowest BCUT2D eigenvalue weighted by Crippen LogP contribution is -1.94. The van der Waals surface area contributed by atoms with Crippen LogP contribution in [0, 0.1) is 11.6 Å². The van der Waals surface area contributed by atoms with Crippen molar-refractivity contribution in [1.29, 1.82) is 0 Å². The molecule has 0 aromatic heterocycles. The molecule has 0 amide bonds.